The Bertz CT molecular complexity index is 773. The van der Waals surface area contributed by atoms with Crippen LogP contribution < -0.4 is 5.32 Å². The second-order valence-electron chi connectivity index (χ2n) is 5.71. The molecule has 136 valence electrons. The van der Waals surface area contributed by atoms with Crippen molar-refractivity contribution >= 4 is 36.2 Å². The highest BCUT2D eigenvalue weighted by atomic mass is 35.5. The first-order valence-electron chi connectivity index (χ1n) is 7.71. The summed E-state index contributed by atoms with van der Waals surface area (Å²) in [6.07, 6.45) is 5.62. The molecule has 1 unspecified atom stereocenters. The number of oxazole rings is 1. The molecule has 1 aliphatic rings. The third-order valence-electron chi connectivity index (χ3n) is 4.16. The van der Waals surface area contributed by atoms with Gasteiger partial charge in [0.15, 0.2) is 0 Å². The number of hydrogen-bond donors (Lipinski definition) is 1. The quantitative estimate of drug-likeness (QED) is 0.727. The molecular weight excluding hydrogens is 381 g/mol. The minimum absolute atomic E-state index is 0. The van der Waals surface area contributed by atoms with E-state index in [-0.39, 0.29) is 30.9 Å². The monoisotopic (exact) mass is 401 g/mol. The molecule has 3 aromatic heterocycles. The lowest BCUT2D eigenvalue weighted by atomic mass is 10.1. The number of aryl methyl sites for hydroxylation is 1. The van der Waals surface area contributed by atoms with Gasteiger partial charge in [-0.15, -0.1) is 36.2 Å². The third-order valence-corrected chi connectivity index (χ3v) is 5.02. The van der Waals surface area contributed by atoms with Crippen LogP contribution in [0.4, 0.5) is 0 Å². The Morgan fingerprint density at radius 2 is 2.28 bits per heavy atom. The minimum Gasteiger partial charge on any atom is -0.444 e. The number of hydrogen-bond acceptors (Lipinski definition) is 6. The average Bonchev–Trinajstić information content (AvgIpc) is 3.29. The predicted octanol–water partition coefficient (Wildman–Crippen LogP) is 3.13. The summed E-state index contributed by atoms with van der Waals surface area (Å²) in [5, 5.41) is 5.49. The Kier molecular flexibility index (Phi) is 7.04. The van der Waals surface area contributed by atoms with Crippen LogP contribution in [0.5, 0.6) is 0 Å². The molecule has 1 saturated heterocycles. The normalized spacial score (nSPS) is 17.7. The lowest BCUT2D eigenvalue weighted by Crippen LogP contribution is -2.46. The molecule has 1 aliphatic heterocycles. The molecule has 0 aromatic carbocycles. The van der Waals surface area contributed by atoms with Crippen molar-refractivity contribution in [2.24, 2.45) is 7.05 Å². The van der Waals surface area contributed by atoms with E-state index in [1.165, 1.54) is 0 Å². The zero-order valence-corrected chi connectivity index (χ0v) is 16.2. The lowest BCUT2D eigenvalue weighted by Gasteiger charge is -2.35. The number of thiophene rings is 1. The van der Waals surface area contributed by atoms with Crippen molar-refractivity contribution in [1.29, 1.82) is 0 Å². The zero-order valence-electron chi connectivity index (χ0n) is 13.8. The fraction of sp³-hybridized carbons (Fsp3) is 0.375. The molecule has 9 heteroatoms. The van der Waals surface area contributed by atoms with Gasteiger partial charge in [0.2, 0.25) is 5.89 Å². The second-order valence-corrected chi connectivity index (χ2v) is 6.66. The zero-order chi connectivity index (χ0) is 15.6. The van der Waals surface area contributed by atoms with Crippen LogP contribution in [0, 0.1) is 0 Å². The van der Waals surface area contributed by atoms with E-state index in [0.717, 1.165) is 42.6 Å². The van der Waals surface area contributed by atoms with Gasteiger partial charge in [0.25, 0.3) is 0 Å². The Balaban J connectivity index is 0.00000113. The van der Waals surface area contributed by atoms with Crippen LogP contribution in [-0.2, 0) is 13.6 Å². The third kappa shape index (κ3) is 4.24. The van der Waals surface area contributed by atoms with Crippen LogP contribution in [0.1, 0.15) is 17.6 Å². The summed E-state index contributed by atoms with van der Waals surface area (Å²) in [5.41, 5.74) is 0.967. The van der Waals surface area contributed by atoms with Crippen molar-refractivity contribution in [3.8, 4) is 10.8 Å². The fourth-order valence-corrected chi connectivity index (χ4v) is 3.64. The number of halogens is 2. The predicted molar refractivity (Wildman–Crippen MR) is 104 cm³/mol. The van der Waals surface area contributed by atoms with E-state index in [9.17, 15) is 0 Å². The van der Waals surface area contributed by atoms with Crippen molar-refractivity contribution in [2.75, 3.05) is 19.6 Å². The summed E-state index contributed by atoms with van der Waals surface area (Å²) in [6.45, 7) is 3.63. The van der Waals surface area contributed by atoms with Gasteiger partial charge in [0, 0.05) is 45.6 Å². The topological polar surface area (TPSA) is 59.1 Å². The van der Waals surface area contributed by atoms with E-state index in [4.69, 9.17) is 4.42 Å². The maximum absolute atomic E-state index is 5.64. The van der Waals surface area contributed by atoms with Gasteiger partial charge >= 0.3 is 0 Å². The van der Waals surface area contributed by atoms with Crippen LogP contribution in [0.2, 0.25) is 0 Å². The fourth-order valence-electron chi connectivity index (χ4n) is 2.99. The van der Waals surface area contributed by atoms with E-state index in [2.05, 4.69) is 24.8 Å². The lowest BCUT2D eigenvalue weighted by molar-refractivity contribution is 0.143. The molecule has 0 radical (unpaired) electrons. The largest absolute Gasteiger partial charge is 0.444 e. The molecule has 25 heavy (non-hydrogen) atoms. The molecule has 0 amide bonds. The molecule has 4 heterocycles. The van der Waals surface area contributed by atoms with E-state index in [1.807, 2.05) is 37.0 Å². The van der Waals surface area contributed by atoms with Gasteiger partial charge in [0.1, 0.15) is 12.1 Å². The highest BCUT2D eigenvalue weighted by molar-refractivity contribution is 7.13. The molecule has 0 bridgehead atoms. The number of rotatable bonds is 4. The minimum atomic E-state index is 0. The summed E-state index contributed by atoms with van der Waals surface area (Å²) in [6, 6.07) is 4.30. The van der Waals surface area contributed by atoms with Gasteiger partial charge in [-0.3, -0.25) is 4.90 Å². The first-order chi connectivity index (χ1) is 11.3. The van der Waals surface area contributed by atoms with E-state index in [1.54, 1.807) is 17.6 Å². The van der Waals surface area contributed by atoms with Crippen molar-refractivity contribution in [3.05, 3.63) is 47.7 Å². The van der Waals surface area contributed by atoms with E-state index >= 15 is 0 Å². The standard InChI is InChI=1S/C16H19N5OS.2ClH/c1-20-6-5-18-15(20)13-9-17-4-7-21(13)10-12-11-22-16(19-12)14-3-2-8-23-14;;/h2-3,5-6,8,11,13,17H,4,7,9-10H2,1H3;2*1H. The number of aromatic nitrogens is 3. The average molecular weight is 402 g/mol. The van der Waals surface area contributed by atoms with Gasteiger partial charge in [-0.25, -0.2) is 9.97 Å². The van der Waals surface area contributed by atoms with Gasteiger partial charge < -0.3 is 14.3 Å². The van der Waals surface area contributed by atoms with Gasteiger partial charge in [0.05, 0.1) is 16.6 Å². The summed E-state index contributed by atoms with van der Waals surface area (Å²) in [5.74, 6) is 1.79. The molecule has 3 aromatic rings. The summed E-state index contributed by atoms with van der Waals surface area (Å²) in [4.78, 5) is 12.6. The summed E-state index contributed by atoms with van der Waals surface area (Å²) >= 11 is 1.64. The van der Waals surface area contributed by atoms with Crippen LogP contribution in [0.15, 0.2) is 40.6 Å². The molecule has 0 aliphatic carbocycles. The Morgan fingerprint density at radius 3 is 3.00 bits per heavy atom. The van der Waals surface area contributed by atoms with Gasteiger partial charge in [-0.2, -0.15) is 0 Å². The summed E-state index contributed by atoms with van der Waals surface area (Å²) in [7, 11) is 2.04. The van der Waals surface area contributed by atoms with Crippen LogP contribution in [-0.4, -0.2) is 39.1 Å². The smallest absolute Gasteiger partial charge is 0.236 e. The van der Waals surface area contributed by atoms with Crippen molar-refractivity contribution < 1.29 is 4.42 Å². The first kappa shape index (κ1) is 19.9. The Hall–Kier alpha value is -1.38. The summed E-state index contributed by atoms with van der Waals surface area (Å²) < 4.78 is 7.72. The van der Waals surface area contributed by atoms with Crippen molar-refractivity contribution in [1.82, 2.24) is 24.8 Å². The maximum Gasteiger partial charge on any atom is 0.236 e. The molecule has 1 N–H and O–H groups in total. The number of imidazole rings is 1. The molecule has 0 saturated carbocycles. The Morgan fingerprint density at radius 1 is 1.40 bits per heavy atom. The van der Waals surface area contributed by atoms with Gasteiger partial charge in [-0.05, 0) is 11.4 Å². The SMILES string of the molecule is Cl.Cl.Cn1ccnc1C1CNCCN1Cc1coc(-c2cccs2)n1. The van der Waals surface area contributed by atoms with Crippen LogP contribution >= 0.6 is 36.2 Å². The first-order valence-corrected chi connectivity index (χ1v) is 8.59. The Labute approximate surface area is 163 Å². The number of piperazine rings is 1. The molecule has 0 spiro atoms. The van der Waals surface area contributed by atoms with E-state index < -0.39 is 0 Å². The highest BCUT2D eigenvalue weighted by Crippen LogP contribution is 2.26. The van der Waals surface area contributed by atoms with Crippen LogP contribution in [0.25, 0.3) is 10.8 Å². The maximum atomic E-state index is 5.64. The highest BCUT2D eigenvalue weighted by Gasteiger charge is 2.27. The molecule has 6 nitrogen and oxygen atoms in total. The molecule has 4 rings (SSSR count). The second kappa shape index (κ2) is 8.82. The molecule has 1 atom stereocenters. The number of nitrogens with zero attached hydrogens (tertiary/aromatic N) is 4. The van der Waals surface area contributed by atoms with E-state index in [0.29, 0.717) is 5.89 Å². The van der Waals surface area contributed by atoms with Crippen LogP contribution in [0.3, 0.4) is 0 Å². The van der Waals surface area contributed by atoms with Crippen molar-refractivity contribution in [2.45, 2.75) is 12.6 Å². The van der Waals surface area contributed by atoms with Gasteiger partial charge in [-0.1, -0.05) is 6.07 Å². The number of nitrogens with one attached hydrogen (secondary N) is 1. The molecular formula is C16H21Cl2N5OS. The van der Waals surface area contributed by atoms with Crippen molar-refractivity contribution in [3.63, 3.8) is 0 Å². The molecule has 1 fully saturated rings.